The molecule has 0 aliphatic heterocycles. The third kappa shape index (κ3) is 4.48. The van der Waals surface area contributed by atoms with E-state index < -0.39 is 10.8 Å². The second kappa shape index (κ2) is 7.48. The number of nitrogen functional groups attached to an aromatic ring is 1. The van der Waals surface area contributed by atoms with Crippen LogP contribution in [0, 0.1) is 0 Å². The highest BCUT2D eigenvalue weighted by Crippen LogP contribution is 2.26. The maximum absolute atomic E-state index is 12.1. The van der Waals surface area contributed by atoms with E-state index in [-0.39, 0.29) is 11.7 Å². The number of aromatic nitrogens is 1. The third-order valence-corrected chi connectivity index (χ3v) is 5.32. The molecule has 0 bridgehead atoms. The van der Waals surface area contributed by atoms with Crippen LogP contribution in [0.5, 0.6) is 0 Å². The number of hydrogen-bond acceptors (Lipinski definition) is 6. The summed E-state index contributed by atoms with van der Waals surface area (Å²) in [5.41, 5.74) is 7.08. The van der Waals surface area contributed by atoms with Gasteiger partial charge in [-0.25, -0.2) is 4.98 Å². The standard InChI is InChI=1S/C13H17N3O3S2/c1-19-6-2-5-15-12(17)8-21(18)13-16-10-4-3-9(14)7-11(10)20-13/h3-4,7H,2,5-6,8,14H2,1H3,(H,15,17). The molecule has 2 rings (SSSR count). The molecular weight excluding hydrogens is 310 g/mol. The minimum atomic E-state index is -1.44. The van der Waals surface area contributed by atoms with Gasteiger partial charge in [0.2, 0.25) is 5.91 Å². The molecule has 0 aliphatic carbocycles. The molecule has 0 radical (unpaired) electrons. The van der Waals surface area contributed by atoms with Crippen LogP contribution in [-0.4, -0.2) is 41.1 Å². The first-order valence-electron chi connectivity index (χ1n) is 6.40. The van der Waals surface area contributed by atoms with E-state index in [9.17, 15) is 9.00 Å². The topological polar surface area (TPSA) is 94.3 Å². The van der Waals surface area contributed by atoms with Gasteiger partial charge in [-0.2, -0.15) is 0 Å². The molecule has 0 fully saturated rings. The number of nitrogens with two attached hydrogens (primary N) is 1. The van der Waals surface area contributed by atoms with E-state index >= 15 is 0 Å². The van der Waals surface area contributed by atoms with Gasteiger partial charge < -0.3 is 15.8 Å². The van der Waals surface area contributed by atoms with Gasteiger partial charge in [0.05, 0.1) is 21.0 Å². The van der Waals surface area contributed by atoms with Crippen molar-refractivity contribution in [1.29, 1.82) is 0 Å². The molecule has 0 spiro atoms. The van der Waals surface area contributed by atoms with E-state index in [0.717, 1.165) is 16.6 Å². The van der Waals surface area contributed by atoms with Crippen LogP contribution in [0.25, 0.3) is 10.2 Å². The molecule has 2 aromatic rings. The van der Waals surface area contributed by atoms with E-state index in [1.54, 1.807) is 25.3 Å². The predicted molar refractivity (Wildman–Crippen MR) is 84.8 cm³/mol. The summed E-state index contributed by atoms with van der Waals surface area (Å²) in [5, 5.41) is 2.71. The lowest BCUT2D eigenvalue weighted by molar-refractivity contribution is -0.118. The summed E-state index contributed by atoms with van der Waals surface area (Å²) in [6, 6.07) is 5.32. The molecule has 0 saturated carbocycles. The molecule has 1 amide bonds. The fourth-order valence-electron chi connectivity index (χ4n) is 1.69. The summed E-state index contributed by atoms with van der Waals surface area (Å²) in [5.74, 6) is -0.328. The fraction of sp³-hybridized carbons (Fsp3) is 0.385. The number of thiazole rings is 1. The summed E-state index contributed by atoms with van der Waals surface area (Å²) < 4.78 is 18.3. The van der Waals surface area contributed by atoms with Crippen LogP contribution < -0.4 is 11.1 Å². The van der Waals surface area contributed by atoms with Crippen molar-refractivity contribution < 1.29 is 13.7 Å². The Morgan fingerprint density at radius 3 is 3.10 bits per heavy atom. The Morgan fingerprint density at radius 1 is 1.52 bits per heavy atom. The van der Waals surface area contributed by atoms with Crippen LogP contribution in [0.4, 0.5) is 5.69 Å². The number of carbonyl (C=O) groups is 1. The summed E-state index contributed by atoms with van der Waals surface area (Å²) in [4.78, 5) is 16.0. The van der Waals surface area contributed by atoms with E-state index in [0.29, 0.717) is 23.2 Å². The van der Waals surface area contributed by atoms with E-state index in [2.05, 4.69) is 10.3 Å². The van der Waals surface area contributed by atoms with Crippen molar-refractivity contribution in [3.8, 4) is 0 Å². The highest BCUT2D eigenvalue weighted by atomic mass is 32.2. The summed E-state index contributed by atoms with van der Waals surface area (Å²) in [6.45, 7) is 1.10. The molecule has 3 N–H and O–H groups in total. The molecular formula is C13H17N3O3S2. The zero-order valence-corrected chi connectivity index (χ0v) is 13.3. The molecule has 1 aromatic heterocycles. The molecule has 114 valence electrons. The summed E-state index contributed by atoms with van der Waals surface area (Å²) >= 11 is 1.30. The number of nitrogens with one attached hydrogen (secondary N) is 1. The van der Waals surface area contributed by atoms with Crippen molar-refractivity contribution in [2.75, 3.05) is 31.7 Å². The van der Waals surface area contributed by atoms with E-state index in [1.807, 2.05) is 0 Å². The molecule has 8 heteroatoms. The number of amides is 1. The van der Waals surface area contributed by atoms with Gasteiger partial charge in [0.25, 0.3) is 0 Å². The first-order valence-corrected chi connectivity index (χ1v) is 8.54. The van der Waals surface area contributed by atoms with E-state index in [4.69, 9.17) is 10.5 Å². The number of fused-ring (bicyclic) bond motifs is 1. The average Bonchev–Trinajstić information content (AvgIpc) is 2.86. The van der Waals surface area contributed by atoms with Crippen LogP contribution in [0.15, 0.2) is 22.5 Å². The van der Waals surface area contributed by atoms with Crippen molar-refractivity contribution in [2.24, 2.45) is 0 Å². The lowest BCUT2D eigenvalue weighted by atomic mass is 10.3. The first kappa shape index (κ1) is 15.9. The molecule has 1 unspecified atom stereocenters. The molecule has 21 heavy (non-hydrogen) atoms. The Balaban J connectivity index is 1.94. The zero-order chi connectivity index (χ0) is 15.2. The molecule has 6 nitrogen and oxygen atoms in total. The van der Waals surface area contributed by atoms with Crippen LogP contribution in [0.2, 0.25) is 0 Å². The Kier molecular flexibility index (Phi) is 5.66. The molecule has 1 aromatic carbocycles. The smallest absolute Gasteiger partial charge is 0.233 e. The minimum Gasteiger partial charge on any atom is -0.399 e. The zero-order valence-electron chi connectivity index (χ0n) is 11.6. The summed E-state index contributed by atoms with van der Waals surface area (Å²) in [7, 11) is 0.171. The molecule has 1 heterocycles. The quantitative estimate of drug-likeness (QED) is 0.587. The van der Waals surface area contributed by atoms with Gasteiger partial charge in [0.15, 0.2) is 4.34 Å². The van der Waals surface area contributed by atoms with Gasteiger partial charge in [-0.05, 0) is 24.6 Å². The molecule has 1 atom stereocenters. The lowest BCUT2D eigenvalue weighted by Crippen LogP contribution is -2.29. The normalized spacial score (nSPS) is 12.4. The number of methoxy groups -OCH3 is 1. The van der Waals surface area contributed by atoms with E-state index in [1.165, 1.54) is 11.3 Å². The maximum Gasteiger partial charge on any atom is 0.233 e. The monoisotopic (exact) mass is 327 g/mol. The van der Waals surface area contributed by atoms with Gasteiger partial charge >= 0.3 is 0 Å². The minimum absolute atomic E-state index is 0.0811. The Morgan fingerprint density at radius 2 is 2.33 bits per heavy atom. The Labute approximate surface area is 129 Å². The number of hydrogen-bond donors (Lipinski definition) is 2. The molecule has 0 saturated heterocycles. The SMILES string of the molecule is COCCCNC(=O)CS(=O)c1nc2ccc(N)cc2s1. The van der Waals surface area contributed by atoms with Crippen LogP contribution in [0.1, 0.15) is 6.42 Å². The predicted octanol–water partition coefficient (Wildman–Crippen LogP) is 1.14. The van der Waals surface area contributed by atoms with Crippen molar-refractivity contribution >= 4 is 43.9 Å². The summed E-state index contributed by atoms with van der Waals surface area (Å²) in [6.07, 6.45) is 0.731. The fourth-order valence-corrected chi connectivity index (χ4v) is 3.92. The Hall–Kier alpha value is -1.51. The largest absolute Gasteiger partial charge is 0.399 e. The third-order valence-electron chi connectivity index (χ3n) is 2.70. The number of nitrogens with zero attached hydrogens (tertiary/aromatic N) is 1. The van der Waals surface area contributed by atoms with Crippen LogP contribution >= 0.6 is 11.3 Å². The number of rotatable bonds is 7. The van der Waals surface area contributed by atoms with Crippen LogP contribution in [-0.2, 0) is 20.3 Å². The number of ether oxygens (including phenoxy) is 1. The lowest BCUT2D eigenvalue weighted by Gasteiger charge is -2.03. The first-order chi connectivity index (χ1) is 10.1. The van der Waals surface area contributed by atoms with Crippen molar-refractivity contribution in [3.05, 3.63) is 18.2 Å². The number of carbonyl (C=O) groups excluding carboxylic acids is 1. The van der Waals surface area contributed by atoms with Gasteiger partial charge in [-0.1, -0.05) is 0 Å². The number of anilines is 1. The van der Waals surface area contributed by atoms with Crippen molar-refractivity contribution in [2.45, 2.75) is 10.8 Å². The second-order valence-electron chi connectivity index (χ2n) is 4.39. The van der Waals surface area contributed by atoms with Gasteiger partial charge in [-0.15, -0.1) is 11.3 Å². The van der Waals surface area contributed by atoms with Gasteiger partial charge in [0, 0.05) is 25.9 Å². The van der Waals surface area contributed by atoms with Gasteiger partial charge in [0.1, 0.15) is 5.75 Å². The highest BCUT2D eigenvalue weighted by molar-refractivity contribution is 7.88. The molecule has 0 aliphatic rings. The second-order valence-corrected chi connectivity index (χ2v) is 7.05. The Bertz CT molecular complexity index is 657. The maximum atomic E-state index is 12.1. The van der Waals surface area contributed by atoms with Gasteiger partial charge in [-0.3, -0.25) is 9.00 Å². The van der Waals surface area contributed by atoms with Crippen molar-refractivity contribution in [1.82, 2.24) is 10.3 Å². The average molecular weight is 327 g/mol. The highest BCUT2D eigenvalue weighted by Gasteiger charge is 2.14. The van der Waals surface area contributed by atoms with Crippen LogP contribution in [0.3, 0.4) is 0 Å². The number of benzene rings is 1. The van der Waals surface area contributed by atoms with Crippen molar-refractivity contribution in [3.63, 3.8) is 0 Å².